The molecule has 0 unspecified atom stereocenters. The van der Waals surface area contributed by atoms with E-state index in [0.717, 1.165) is 23.4 Å². The van der Waals surface area contributed by atoms with Crippen molar-refractivity contribution in [1.82, 2.24) is 4.98 Å². The van der Waals surface area contributed by atoms with Gasteiger partial charge in [-0.3, -0.25) is 4.79 Å². The van der Waals surface area contributed by atoms with Gasteiger partial charge in [0.05, 0.1) is 0 Å². The fourth-order valence-electron chi connectivity index (χ4n) is 4.24. The molecule has 0 aliphatic heterocycles. The van der Waals surface area contributed by atoms with Gasteiger partial charge in [0.2, 0.25) is 0 Å². The van der Waals surface area contributed by atoms with Crippen molar-refractivity contribution >= 4 is 10.9 Å². The largest absolute Gasteiger partial charge is 0.322 e. The summed E-state index contributed by atoms with van der Waals surface area (Å²) in [6.07, 6.45) is 7.49. The Kier molecular flexibility index (Phi) is 2.51. The Morgan fingerprint density at radius 2 is 1.89 bits per heavy atom. The summed E-state index contributed by atoms with van der Waals surface area (Å²) >= 11 is 0. The van der Waals surface area contributed by atoms with Gasteiger partial charge < -0.3 is 4.98 Å². The number of hydrogen-bond acceptors (Lipinski definition) is 1. The van der Waals surface area contributed by atoms with E-state index in [4.69, 9.17) is 0 Å². The highest BCUT2D eigenvalue weighted by Gasteiger charge is 2.33. The molecule has 1 fully saturated rings. The Balaban J connectivity index is 2.02. The van der Waals surface area contributed by atoms with E-state index >= 15 is 0 Å². The molecular weight excluding hydrogens is 234 g/mol. The maximum Gasteiger partial charge on any atom is 0.251 e. The number of rotatable bonds is 0. The SMILES string of the molecule is O=c1[nH]c2ccccc2c2c1CC[C@H]1CCCC[C@@H]21. The lowest BCUT2D eigenvalue weighted by atomic mass is 9.67. The smallest absolute Gasteiger partial charge is 0.251 e. The minimum atomic E-state index is 0.151. The number of benzene rings is 1. The molecule has 0 saturated heterocycles. The van der Waals surface area contributed by atoms with Gasteiger partial charge in [-0.2, -0.15) is 0 Å². The summed E-state index contributed by atoms with van der Waals surface area (Å²) in [5, 5.41) is 1.29. The van der Waals surface area contributed by atoms with Crippen molar-refractivity contribution in [3.05, 3.63) is 45.7 Å². The second-order valence-corrected chi connectivity index (χ2v) is 6.08. The molecule has 2 aromatic rings. The standard InChI is InChI=1S/C17H19NO/c19-17-14-10-9-11-5-1-2-6-12(11)16(14)13-7-3-4-8-15(13)18-17/h3-4,7-8,11-12H,1-2,5-6,9-10H2,(H,18,19)/t11-,12-/m1/s1. The molecule has 0 radical (unpaired) electrons. The number of H-pyrrole nitrogens is 1. The van der Waals surface area contributed by atoms with Gasteiger partial charge in [-0.1, -0.05) is 31.0 Å². The maximum absolute atomic E-state index is 12.3. The van der Waals surface area contributed by atoms with Crippen LogP contribution in [0.4, 0.5) is 0 Å². The first-order valence-electron chi connectivity index (χ1n) is 7.48. The molecule has 1 N–H and O–H groups in total. The van der Waals surface area contributed by atoms with E-state index in [1.165, 1.54) is 43.1 Å². The third-order valence-electron chi connectivity index (χ3n) is 5.11. The topological polar surface area (TPSA) is 32.9 Å². The maximum atomic E-state index is 12.3. The van der Waals surface area contributed by atoms with Crippen molar-refractivity contribution < 1.29 is 0 Å². The van der Waals surface area contributed by atoms with Crippen LogP contribution in [0.2, 0.25) is 0 Å². The Morgan fingerprint density at radius 1 is 1.05 bits per heavy atom. The molecule has 0 spiro atoms. The highest BCUT2D eigenvalue weighted by Crippen LogP contribution is 2.46. The van der Waals surface area contributed by atoms with Crippen molar-refractivity contribution in [3.63, 3.8) is 0 Å². The molecule has 0 amide bonds. The minimum Gasteiger partial charge on any atom is -0.322 e. The second-order valence-electron chi connectivity index (χ2n) is 6.08. The van der Waals surface area contributed by atoms with Gasteiger partial charge in [-0.05, 0) is 49.1 Å². The van der Waals surface area contributed by atoms with E-state index in [1.54, 1.807) is 0 Å². The van der Waals surface area contributed by atoms with Crippen LogP contribution in [0, 0.1) is 5.92 Å². The van der Waals surface area contributed by atoms with Crippen LogP contribution in [0.5, 0.6) is 0 Å². The first-order valence-corrected chi connectivity index (χ1v) is 7.48. The van der Waals surface area contributed by atoms with Crippen LogP contribution in [0.25, 0.3) is 10.9 Å². The van der Waals surface area contributed by atoms with Gasteiger partial charge >= 0.3 is 0 Å². The van der Waals surface area contributed by atoms with Gasteiger partial charge in [-0.15, -0.1) is 0 Å². The second kappa shape index (κ2) is 4.22. The predicted molar refractivity (Wildman–Crippen MR) is 77.6 cm³/mol. The van der Waals surface area contributed by atoms with Gasteiger partial charge in [0.1, 0.15) is 0 Å². The molecule has 1 heterocycles. The van der Waals surface area contributed by atoms with Crippen molar-refractivity contribution in [3.8, 4) is 0 Å². The summed E-state index contributed by atoms with van der Waals surface area (Å²) in [6, 6.07) is 8.31. The first-order chi connectivity index (χ1) is 9.34. The Labute approximate surface area is 112 Å². The van der Waals surface area contributed by atoms with Crippen LogP contribution in [-0.2, 0) is 6.42 Å². The zero-order valence-corrected chi connectivity index (χ0v) is 11.1. The third-order valence-corrected chi connectivity index (χ3v) is 5.11. The summed E-state index contributed by atoms with van der Waals surface area (Å²) in [5.41, 5.74) is 3.62. The first kappa shape index (κ1) is 11.3. The van der Waals surface area contributed by atoms with Crippen LogP contribution in [0.15, 0.2) is 29.1 Å². The number of nitrogens with one attached hydrogen (secondary N) is 1. The average molecular weight is 253 g/mol. The van der Waals surface area contributed by atoms with Crippen molar-refractivity contribution in [2.45, 2.75) is 44.4 Å². The monoisotopic (exact) mass is 253 g/mol. The summed E-state index contributed by atoms with van der Waals surface area (Å²) in [7, 11) is 0. The molecule has 19 heavy (non-hydrogen) atoms. The third kappa shape index (κ3) is 1.66. The van der Waals surface area contributed by atoms with Gasteiger partial charge in [0, 0.05) is 16.5 Å². The fraction of sp³-hybridized carbons (Fsp3) is 0.471. The Morgan fingerprint density at radius 3 is 2.84 bits per heavy atom. The Hall–Kier alpha value is -1.57. The molecule has 2 heteroatoms. The zero-order chi connectivity index (χ0) is 12.8. The van der Waals surface area contributed by atoms with Gasteiger partial charge in [0.15, 0.2) is 0 Å². The van der Waals surface area contributed by atoms with E-state index in [-0.39, 0.29) is 5.56 Å². The number of para-hydroxylation sites is 1. The molecule has 0 bridgehead atoms. The summed E-state index contributed by atoms with van der Waals surface area (Å²) in [4.78, 5) is 15.4. The van der Waals surface area contributed by atoms with Crippen LogP contribution >= 0.6 is 0 Å². The number of hydrogen-bond donors (Lipinski definition) is 1. The van der Waals surface area contributed by atoms with E-state index < -0.39 is 0 Å². The number of aromatic amines is 1. The quantitative estimate of drug-likeness (QED) is 0.762. The van der Waals surface area contributed by atoms with Crippen LogP contribution in [0.3, 0.4) is 0 Å². The van der Waals surface area contributed by atoms with Crippen molar-refractivity contribution in [2.75, 3.05) is 0 Å². The summed E-state index contributed by atoms with van der Waals surface area (Å²) < 4.78 is 0. The predicted octanol–water partition coefficient (Wildman–Crippen LogP) is 3.75. The highest BCUT2D eigenvalue weighted by molar-refractivity contribution is 5.83. The molecule has 1 aromatic carbocycles. The Bertz CT molecular complexity index is 685. The average Bonchev–Trinajstić information content (AvgIpc) is 2.47. The zero-order valence-electron chi connectivity index (χ0n) is 11.1. The van der Waals surface area contributed by atoms with Crippen LogP contribution in [-0.4, -0.2) is 4.98 Å². The molecule has 2 nitrogen and oxygen atoms in total. The van der Waals surface area contributed by atoms with E-state index in [0.29, 0.717) is 5.92 Å². The summed E-state index contributed by atoms with van der Waals surface area (Å²) in [6.45, 7) is 0. The van der Waals surface area contributed by atoms with Crippen molar-refractivity contribution in [2.24, 2.45) is 5.92 Å². The van der Waals surface area contributed by atoms with E-state index in [1.807, 2.05) is 12.1 Å². The number of fused-ring (bicyclic) bond motifs is 5. The lowest BCUT2D eigenvalue weighted by Crippen LogP contribution is -2.29. The summed E-state index contributed by atoms with van der Waals surface area (Å²) in [5.74, 6) is 1.44. The fourth-order valence-corrected chi connectivity index (χ4v) is 4.24. The molecular formula is C17H19NO. The normalized spacial score (nSPS) is 25.9. The lowest BCUT2D eigenvalue weighted by Gasteiger charge is -2.37. The molecule has 98 valence electrons. The van der Waals surface area contributed by atoms with E-state index in [9.17, 15) is 4.79 Å². The lowest BCUT2D eigenvalue weighted by molar-refractivity contribution is 0.276. The molecule has 2 atom stereocenters. The number of aromatic nitrogens is 1. The minimum absolute atomic E-state index is 0.151. The van der Waals surface area contributed by atoms with Gasteiger partial charge in [0.25, 0.3) is 5.56 Å². The molecule has 1 saturated carbocycles. The highest BCUT2D eigenvalue weighted by atomic mass is 16.1. The molecule has 1 aromatic heterocycles. The van der Waals surface area contributed by atoms with Crippen LogP contribution < -0.4 is 5.56 Å². The number of pyridine rings is 1. The van der Waals surface area contributed by atoms with Crippen LogP contribution in [0.1, 0.15) is 49.1 Å². The molecule has 2 aliphatic rings. The molecule has 4 rings (SSSR count). The molecule has 2 aliphatic carbocycles. The van der Waals surface area contributed by atoms with E-state index in [2.05, 4.69) is 17.1 Å². The van der Waals surface area contributed by atoms with Gasteiger partial charge in [-0.25, -0.2) is 0 Å². The van der Waals surface area contributed by atoms with Crippen molar-refractivity contribution in [1.29, 1.82) is 0 Å².